The second-order valence-corrected chi connectivity index (χ2v) is 5.82. The molecule has 0 radical (unpaired) electrons. The number of aromatic nitrogens is 1. The minimum absolute atomic E-state index is 0.345. The molecule has 0 unspecified atom stereocenters. The fourth-order valence-corrected chi connectivity index (χ4v) is 2.21. The predicted molar refractivity (Wildman–Crippen MR) is 92.5 cm³/mol. The number of aryl methyl sites for hydroxylation is 1. The molecule has 4 nitrogen and oxygen atoms in total. The van der Waals surface area contributed by atoms with Crippen LogP contribution in [0.3, 0.4) is 0 Å². The van der Waals surface area contributed by atoms with Gasteiger partial charge in [-0.15, -0.1) is 0 Å². The number of esters is 1. The van der Waals surface area contributed by atoms with E-state index in [0.717, 1.165) is 27.9 Å². The highest BCUT2D eigenvalue weighted by Crippen LogP contribution is 2.25. The van der Waals surface area contributed by atoms with Crippen molar-refractivity contribution in [2.45, 2.75) is 27.7 Å². The first-order valence-corrected chi connectivity index (χ1v) is 7.88. The van der Waals surface area contributed by atoms with E-state index in [2.05, 4.69) is 18.8 Å². The molecule has 0 amide bonds. The molecule has 0 saturated heterocycles. The summed E-state index contributed by atoms with van der Waals surface area (Å²) in [4.78, 5) is 16.1. The molecule has 1 aromatic carbocycles. The van der Waals surface area contributed by atoms with Crippen molar-refractivity contribution in [1.82, 2.24) is 4.98 Å². The van der Waals surface area contributed by atoms with E-state index in [9.17, 15) is 4.79 Å². The second kappa shape index (κ2) is 7.77. The Kier molecular flexibility index (Phi) is 5.74. The van der Waals surface area contributed by atoms with Crippen molar-refractivity contribution in [3.05, 3.63) is 41.6 Å². The fourth-order valence-electron chi connectivity index (χ4n) is 2.21. The Balaban J connectivity index is 2.37. The molecular weight excluding hydrogens is 290 g/mol. The minimum atomic E-state index is -0.345. The SMILES string of the molecule is CCOC(=O)/C=C/c1cc(C)nc2ccc(OCC(C)C)cc12. The smallest absolute Gasteiger partial charge is 0.330 e. The normalized spacial score (nSPS) is 11.3. The number of carbonyl (C=O) groups excluding carboxylic acids is 1. The maximum absolute atomic E-state index is 11.5. The lowest BCUT2D eigenvalue weighted by Crippen LogP contribution is -2.04. The van der Waals surface area contributed by atoms with Crippen molar-refractivity contribution < 1.29 is 14.3 Å². The number of hydrogen-bond donors (Lipinski definition) is 0. The molecule has 1 aromatic heterocycles. The predicted octanol–water partition coefficient (Wildman–Crippen LogP) is 4.15. The van der Waals surface area contributed by atoms with Gasteiger partial charge < -0.3 is 9.47 Å². The van der Waals surface area contributed by atoms with Crippen LogP contribution in [0.25, 0.3) is 17.0 Å². The highest BCUT2D eigenvalue weighted by molar-refractivity contribution is 5.94. The summed E-state index contributed by atoms with van der Waals surface area (Å²) >= 11 is 0. The number of fused-ring (bicyclic) bond motifs is 1. The molecule has 0 spiro atoms. The van der Waals surface area contributed by atoms with Gasteiger partial charge in [-0.25, -0.2) is 4.79 Å². The summed E-state index contributed by atoms with van der Waals surface area (Å²) in [5.41, 5.74) is 2.71. The van der Waals surface area contributed by atoms with E-state index in [1.807, 2.05) is 31.2 Å². The van der Waals surface area contributed by atoms with Crippen LogP contribution < -0.4 is 4.74 Å². The van der Waals surface area contributed by atoms with E-state index in [0.29, 0.717) is 19.1 Å². The summed E-state index contributed by atoms with van der Waals surface area (Å²) in [5, 5.41) is 0.956. The fraction of sp³-hybridized carbons (Fsp3) is 0.368. The molecule has 2 aromatic rings. The Morgan fingerprint density at radius 2 is 2.09 bits per heavy atom. The second-order valence-electron chi connectivity index (χ2n) is 5.82. The van der Waals surface area contributed by atoms with Crippen LogP contribution in [0.1, 0.15) is 32.0 Å². The van der Waals surface area contributed by atoms with Gasteiger partial charge in [0.15, 0.2) is 0 Å². The zero-order valence-electron chi connectivity index (χ0n) is 14.1. The Hall–Kier alpha value is -2.36. The average Bonchev–Trinajstić information content (AvgIpc) is 2.50. The Morgan fingerprint density at radius 1 is 1.30 bits per heavy atom. The number of benzene rings is 1. The van der Waals surface area contributed by atoms with E-state index in [1.165, 1.54) is 6.08 Å². The molecule has 1 heterocycles. The lowest BCUT2D eigenvalue weighted by atomic mass is 10.1. The van der Waals surface area contributed by atoms with E-state index < -0.39 is 0 Å². The monoisotopic (exact) mass is 313 g/mol. The van der Waals surface area contributed by atoms with Gasteiger partial charge in [0, 0.05) is 17.2 Å². The lowest BCUT2D eigenvalue weighted by Gasteiger charge is -2.11. The maximum Gasteiger partial charge on any atom is 0.330 e. The zero-order valence-corrected chi connectivity index (χ0v) is 14.1. The van der Waals surface area contributed by atoms with E-state index >= 15 is 0 Å². The van der Waals surface area contributed by atoms with Crippen molar-refractivity contribution >= 4 is 22.9 Å². The molecule has 4 heteroatoms. The van der Waals surface area contributed by atoms with Crippen molar-refractivity contribution in [3.8, 4) is 5.75 Å². The van der Waals surface area contributed by atoms with Gasteiger partial charge in [0.1, 0.15) is 5.75 Å². The first-order valence-electron chi connectivity index (χ1n) is 7.88. The third-order valence-corrected chi connectivity index (χ3v) is 3.21. The van der Waals surface area contributed by atoms with Gasteiger partial charge >= 0.3 is 5.97 Å². The number of hydrogen-bond acceptors (Lipinski definition) is 4. The van der Waals surface area contributed by atoms with Crippen molar-refractivity contribution in [3.63, 3.8) is 0 Å². The molecule has 0 aliphatic rings. The van der Waals surface area contributed by atoms with E-state index in [-0.39, 0.29) is 5.97 Å². The van der Waals surface area contributed by atoms with E-state index in [4.69, 9.17) is 9.47 Å². The molecule has 2 rings (SSSR count). The molecule has 0 saturated carbocycles. The van der Waals surface area contributed by atoms with Crippen LogP contribution in [0.4, 0.5) is 0 Å². The average molecular weight is 313 g/mol. The maximum atomic E-state index is 11.5. The molecule has 0 atom stereocenters. The first kappa shape index (κ1) is 17.0. The number of rotatable bonds is 6. The quantitative estimate of drug-likeness (QED) is 0.593. The van der Waals surface area contributed by atoms with Gasteiger partial charge in [-0.1, -0.05) is 13.8 Å². The summed E-state index contributed by atoms with van der Waals surface area (Å²) in [7, 11) is 0. The number of nitrogens with zero attached hydrogens (tertiary/aromatic N) is 1. The van der Waals surface area contributed by atoms with Crippen LogP contribution in [0.15, 0.2) is 30.3 Å². The Morgan fingerprint density at radius 3 is 2.78 bits per heavy atom. The van der Waals surface area contributed by atoms with Gasteiger partial charge in [-0.05, 0) is 55.7 Å². The molecule has 0 aliphatic carbocycles. The molecule has 122 valence electrons. The minimum Gasteiger partial charge on any atom is -0.493 e. The number of pyridine rings is 1. The Bertz CT molecular complexity index is 720. The molecular formula is C19H23NO3. The van der Waals surface area contributed by atoms with Crippen LogP contribution in [-0.4, -0.2) is 24.2 Å². The topological polar surface area (TPSA) is 48.4 Å². The van der Waals surface area contributed by atoms with Crippen molar-refractivity contribution in [2.75, 3.05) is 13.2 Å². The first-order chi connectivity index (χ1) is 11.0. The van der Waals surface area contributed by atoms with Gasteiger partial charge in [-0.3, -0.25) is 4.98 Å². The van der Waals surface area contributed by atoms with E-state index in [1.54, 1.807) is 13.0 Å². The molecule has 0 bridgehead atoms. The van der Waals surface area contributed by atoms with Crippen LogP contribution in [0.2, 0.25) is 0 Å². The zero-order chi connectivity index (χ0) is 16.8. The van der Waals surface area contributed by atoms with Crippen LogP contribution in [0, 0.1) is 12.8 Å². The largest absolute Gasteiger partial charge is 0.493 e. The summed E-state index contributed by atoms with van der Waals surface area (Å²) in [6.45, 7) is 8.98. The number of carbonyl (C=O) groups is 1. The lowest BCUT2D eigenvalue weighted by molar-refractivity contribution is -0.137. The van der Waals surface area contributed by atoms with Gasteiger partial charge in [-0.2, -0.15) is 0 Å². The highest BCUT2D eigenvalue weighted by Gasteiger charge is 2.06. The van der Waals surface area contributed by atoms with Crippen LogP contribution in [-0.2, 0) is 9.53 Å². The molecule has 0 N–H and O–H groups in total. The molecule has 0 aliphatic heterocycles. The summed E-state index contributed by atoms with van der Waals surface area (Å²) in [6.07, 6.45) is 3.21. The standard InChI is InChI=1S/C19H23NO3/c1-5-22-19(21)9-6-15-10-14(4)20-18-8-7-16(11-17(15)18)23-12-13(2)3/h6-11,13H,5,12H2,1-4H3/b9-6+. The van der Waals surface area contributed by atoms with Crippen molar-refractivity contribution in [2.24, 2.45) is 5.92 Å². The highest BCUT2D eigenvalue weighted by atomic mass is 16.5. The van der Waals surface area contributed by atoms with Gasteiger partial charge in [0.25, 0.3) is 0 Å². The summed E-state index contributed by atoms with van der Waals surface area (Å²) < 4.78 is 10.7. The van der Waals surface area contributed by atoms with Gasteiger partial charge in [0.05, 0.1) is 18.7 Å². The third kappa shape index (κ3) is 4.81. The summed E-state index contributed by atoms with van der Waals surface area (Å²) in [6, 6.07) is 7.79. The number of ether oxygens (including phenoxy) is 2. The summed E-state index contributed by atoms with van der Waals surface area (Å²) in [5.74, 6) is 0.926. The van der Waals surface area contributed by atoms with Crippen LogP contribution >= 0.6 is 0 Å². The van der Waals surface area contributed by atoms with Gasteiger partial charge in [0.2, 0.25) is 0 Å². The third-order valence-electron chi connectivity index (χ3n) is 3.21. The Labute approximate surface area is 137 Å². The van der Waals surface area contributed by atoms with Crippen LogP contribution in [0.5, 0.6) is 5.75 Å². The molecule has 23 heavy (non-hydrogen) atoms. The molecule has 0 fully saturated rings. The van der Waals surface area contributed by atoms with Crippen molar-refractivity contribution in [1.29, 1.82) is 0 Å².